The van der Waals surface area contributed by atoms with Crippen molar-refractivity contribution >= 4 is 18.3 Å². The molecule has 1 saturated heterocycles. The first-order chi connectivity index (χ1) is 12.0. The highest BCUT2D eigenvalue weighted by atomic mass is 35.5. The molecule has 1 unspecified atom stereocenters. The summed E-state index contributed by atoms with van der Waals surface area (Å²) in [5.74, 6) is 1.32. The van der Waals surface area contributed by atoms with Gasteiger partial charge in [-0.25, -0.2) is 0 Å². The lowest BCUT2D eigenvalue weighted by Crippen LogP contribution is -2.48. The molecule has 6 heteroatoms. The molecular weight excluding hydrogens is 352 g/mol. The molecular formula is C20H31ClN2O3. The Morgan fingerprint density at radius 1 is 1.35 bits per heavy atom. The summed E-state index contributed by atoms with van der Waals surface area (Å²) in [5.41, 5.74) is 0.520. The van der Waals surface area contributed by atoms with Gasteiger partial charge in [-0.15, -0.1) is 12.4 Å². The number of nitrogens with one attached hydrogen (secondary N) is 2. The van der Waals surface area contributed by atoms with Crippen LogP contribution in [0.25, 0.3) is 0 Å². The van der Waals surface area contributed by atoms with Crippen LogP contribution in [0, 0.1) is 11.3 Å². The second kappa shape index (κ2) is 9.07. The van der Waals surface area contributed by atoms with Gasteiger partial charge in [0.15, 0.2) is 0 Å². The Morgan fingerprint density at radius 3 is 2.77 bits per heavy atom. The van der Waals surface area contributed by atoms with Gasteiger partial charge in [0.2, 0.25) is 5.91 Å². The van der Waals surface area contributed by atoms with Crippen LogP contribution in [0.4, 0.5) is 0 Å². The van der Waals surface area contributed by atoms with Crippen LogP contribution < -0.4 is 15.4 Å². The van der Waals surface area contributed by atoms with Crippen LogP contribution >= 0.6 is 12.4 Å². The normalized spacial score (nSPS) is 25.9. The second-order valence-electron chi connectivity index (χ2n) is 7.69. The number of carbonyl (C=O) groups is 1. The molecule has 3 N–H and O–H groups in total. The molecule has 2 aliphatic rings. The molecule has 0 aromatic heterocycles. The van der Waals surface area contributed by atoms with Crippen molar-refractivity contribution in [2.24, 2.45) is 11.3 Å². The predicted octanol–water partition coefficient (Wildman–Crippen LogP) is 2.83. The van der Waals surface area contributed by atoms with Gasteiger partial charge in [0.05, 0.1) is 17.6 Å². The maximum absolute atomic E-state index is 12.8. The van der Waals surface area contributed by atoms with Gasteiger partial charge in [0, 0.05) is 13.1 Å². The molecule has 1 aliphatic heterocycles. The van der Waals surface area contributed by atoms with Gasteiger partial charge in [0.1, 0.15) is 5.75 Å². The molecule has 0 radical (unpaired) electrons. The average molecular weight is 383 g/mol. The Balaban J connectivity index is 0.00000243. The first-order valence-electron chi connectivity index (χ1n) is 9.45. The smallest absolute Gasteiger partial charge is 0.227 e. The van der Waals surface area contributed by atoms with Crippen LogP contribution in [-0.2, 0) is 4.79 Å². The molecule has 1 amide bonds. The third kappa shape index (κ3) is 4.51. The molecule has 1 heterocycles. The Bertz CT molecular complexity index is 593. The SMILES string of the molecule is CC(C)Oc1ccc(C(O)CNC(=O)[C@@]23CCCC[C@H]2CNC3)cc1.Cl. The molecule has 1 aromatic carbocycles. The van der Waals surface area contributed by atoms with Crippen molar-refractivity contribution in [1.29, 1.82) is 0 Å². The highest BCUT2D eigenvalue weighted by molar-refractivity contribution is 5.85. The minimum atomic E-state index is -0.704. The van der Waals surface area contributed by atoms with Crippen molar-refractivity contribution in [3.63, 3.8) is 0 Å². The van der Waals surface area contributed by atoms with E-state index in [1.54, 1.807) is 0 Å². The van der Waals surface area contributed by atoms with Gasteiger partial charge in [-0.2, -0.15) is 0 Å². The van der Waals surface area contributed by atoms with Crippen LogP contribution in [0.1, 0.15) is 51.2 Å². The number of amides is 1. The number of hydrogen-bond donors (Lipinski definition) is 3. The Morgan fingerprint density at radius 2 is 2.08 bits per heavy atom. The van der Waals surface area contributed by atoms with E-state index in [-0.39, 0.29) is 36.4 Å². The molecule has 1 saturated carbocycles. The van der Waals surface area contributed by atoms with Gasteiger partial charge in [-0.3, -0.25) is 4.79 Å². The molecule has 0 spiro atoms. The number of benzene rings is 1. The molecule has 146 valence electrons. The summed E-state index contributed by atoms with van der Waals surface area (Å²) < 4.78 is 5.61. The molecule has 5 nitrogen and oxygen atoms in total. The zero-order valence-corrected chi connectivity index (χ0v) is 16.5. The number of fused-ring (bicyclic) bond motifs is 1. The van der Waals surface area contributed by atoms with Crippen molar-refractivity contribution in [2.45, 2.75) is 51.7 Å². The number of aliphatic hydroxyl groups excluding tert-OH is 1. The summed E-state index contributed by atoms with van der Waals surface area (Å²) in [7, 11) is 0. The summed E-state index contributed by atoms with van der Waals surface area (Å²) >= 11 is 0. The number of ether oxygens (including phenoxy) is 1. The van der Waals surface area contributed by atoms with Crippen LogP contribution in [0.2, 0.25) is 0 Å². The van der Waals surface area contributed by atoms with E-state index < -0.39 is 6.10 Å². The fourth-order valence-corrected chi connectivity index (χ4v) is 4.21. The van der Waals surface area contributed by atoms with Gasteiger partial charge in [0.25, 0.3) is 0 Å². The number of hydrogen-bond acceptors (Lipinski definition) is 4. The van der Waals surface area contributed by atoms with E-state index in [1.165, 1.54) is 6.42 Å². The van der Waals surface area contributed by atoms with Crippen LogP contribution in [0.3, 0.4) is 0 Å². The molecule has 0 bridgehead atoms. The van der Waals surface area contributed by atoms with Crippen molar-refractivity contribution in [1.82, 2.24) is 10.6 Å². The fraction of sp³-hybridized carbons (Fsp3) is 0.650. The monoisotopic (exact) mass is 382 g/mol. The van der Waals surface area contributed by atoms with E-state index in [0.29, 0.717) is 5.92 Å². The number of rotatable bonds is 6. The lowest BCUT2D eigenvalue weighted by molar-refractivity contribution is -0.134. The standard InChI is InChI=1S/C20H30N2O3.ClH/c1-14(2)25-17-8-6-15(7-9-17)18(23)12-22-19(24)20-10-4-3-5-16(20)11-21-13-20;/h6-9,14,16,18,21,23H,3-5,10-13H2,1-2H3,(H,22,24);1H/t16-,18?,20+;/m0./s1. The molecule has 3 rings (SSSR count). The topological polar surface area (TPSA) is 70.6 Å². The number of carbonyl (C=O) groups excluding carboxylic acids is 1. The maximum Gasteiger partial charge on any atom is 0.227 e. The average Bonchev–Trinajstić information content (AvgIpc) is 3.04. The van der Waals surface area contributed by atoms with E-state index in [4.69, 9.17) is 4.74 Å². The van der Waals surface area contributed by atoms with E-state index in [1.807, 2.05) is 38.1 Å². The summed E-state index contributed by atoms with van der Waals surface area (Å²) in [6, 6.07) is 7.43. The number of halogens is 1. The quantitative estimate of drug-likeness (QED) is 0.707. The van der Waals surface area contributed by atoms with E-state index in [2.05, 4.69) is 10.6 Å². The third-order valence-electron chi connectivity index (χ3n) is 5.58. The number of aliphatic hydroxyl groups is 1. The van der Waals surface area contributed by atoms with Crippen LogP contribution in [0.5, 0.6) is 5.75 Å². The van der Waals surface area contributed by atoms with Crippen molar-refractivity contribution in [2.75, 3.05) is 19.6 Å². The van der Waals surface area contributed by atoms with Crippen LogP contribution in [-0.4, -0.2) is 36.8 Å². The second-order valence-corrected chi connectivity index (χ2v) is 7.69. The Kier molecular flexibility index (Phi) is 7.33. The first kappa shape index (κ1) is 21.0. The van der Waals surface area contributed by atoms with Gasteiger partial charge < -0.3 is 20.5 Å². The van der Waals surface area contributed by atoms with Gasteiger partial charge >= 0.3 is 0 Å². The molecule has 26 heavy (non-hydrogen) atoms. The van der Waals surface area contributed by atoms with E-state index >= 15 is 0 Å². The fourth-order valence-electron chi connectivity index (χ4n) is 4.21. The van der Waals surface area contributed by atoms with Crippen molar-refractivity contribution in [3.05, 3.63) is 29.8 Å². The lowest BCUT2D eigenvalue weighted by atomic mass is 9.67. The van der Waals surface area contributed by atoms with E-state index in [9.17, 15) is 9.90 Å². The summed E-state index contributed by atoms with van der Waals surface area (Å²) in [4.78, 5) is 12.8. The zero-order valence-electron chi connectivity index (χ0n) is 15.7. The minimum absolute atomic E-state index is 0. The highest BCUT2D eigenvalue weighted by Crippen LogP contribution is 2.43. The molecule has 1 aliphatic carbocycles. The van der Waals surface area contributed by atoms with E-state index in [0.717, 1.165) is 43.7 Å². The molecule has 1 aromatic rings. The van der Waals surface area contributed by atoms with Gasteiger partial charge in [-0.1, -0.05) is 25.0 Å². The Labute approximate surface area is 162 Å². The maximum atomic E-state index is 12.8. The highest BCUT2D eigenvalue weighted by Gasteiger charge is 2.49. The summed E-state index contributed by atoms with van der Waals surface area (Å²) in [5, 5.41) is 16.8. The van der Waals surface area contributed by atoms with Crippen molar-refractivity contribution < 1.29 is 14.6 Å². The van der Waals surface area contributed by atoms with Gasteiger partial charge in [-0.05, 0) is 56.8 Å². The first-order valence-corrected chi connectivity index (χ1v) is 9.45. The largest absolute Gasteiger partial charge is 0.491 e. The zero-order chi connectivity index (χ0) is 17.9. The third-order valence-corrected chi connectivity index (χ3v) is 5.58. The predicted molar refractivity (Wildman–Crippen MR) is 105 cm³/mol. The van der Waals surface area contributed by atoms with Crippen molar-refractivity contribution in [3.8, 4) is 5.75 Å². The summed E-state index contributed by atoms with van der Waals surface area (Å²) in [6.45, 7) is 5.91. The van der Waals surface area contributed by atoms with Crippen LogP contribution in [0.15, 0.2) is 24.3 Å². The molecule has 2 fully saturated rings. The lowest BCUT2D eigenvalue weighted by Gasteiger charge is -2.37. The molecule has 3 atom stereocenters. The minimum Gasteiger partial charge on any atom is -0.491 e. The Hall–Kier alpha value is -1.30. The summed E-state index contributed by atoms with van der Waals surface area (Å²) in [6.07, 6.45) is 3.83.